The molecule has 1 aromatic heterocycles. The molecule has 3 heterocycles. The standard InChI is InChI=1S/C32H21N3O2/c36-31(23-16-8-3-9-17-23)28-29(22-14-6-2-7-15-22)35-27(20-26(33-35)21-12-4-1-5-13-21)34-30(28)24-18-10-11-19-25(24)32(34)37/h1-20,30H. The molecule has 0 N–H and O–H groups in total. The summed E-state index contributed by atoms with van der Waals surface area (Å²) in [5, 5.41) is 4.98. The van der Waals surface area contributed by atoms with Crippen LogP contribution in [0.4, 0.5) is 5.82 Å². The number of rotatable bonds is 4. The lowest BCUT2D eigenvalue weighted by atomic mass is 9.87. The van der Waals surface area contributed by atoms with Crippen molar-refractivity contribution in [1.29, 1.82) is 0 Å². The molecule has 1 amide bonds. The summed E-state index contributed by atoms with van der Waals surface area (Å²) < 4.78 is 1.77. The lowest BCUT2D eigenvalue weighted by Gasteiger charge is -2.34. The highest BCUT2D eigenvalue weighted by atomic mass is 16.2. The van der Waals surface area contributed by atoms with Gasteiger partial charge in [-0.25, -0.2) is 4.68 Å². The molecule has 1 atom stereocenters. The van der Waals surface area contributed by atoms with E-state index in [-0.39, 0.29) is 11.7 Å². The molecule has 5 nitrogen and oxygen atoms in total. The minimum Gasteiger partial charge on any atom is -0.289 e. The van der Waals surface area contributed by atoms with Crippen LogP contribution in [-0.4, -0.2) is 21.5 Å². The summed E-state index contributed by atoms with van der Waals surface area (Å²) in [5.41, 5.74) is 5.77. The van der Waals surface area contributed by atoms with Crippen LogP contribution in [-0.2, 0) is 0 Å². The lowest BCUT2D eigenvalue weighted by molar-refractivity contribution is 0.0987. The zero-order chi connectivity index (χ0) is 24.9. The minimum atomic E-state index is -0.556. The summed E-state index contributed by atoms with van der Waals surface area (Å²) in [4.78, 5) is 29.9. The second-order valence-corrected chi connectivity index (χ2v) is 9.15. The van der Waals surface area contributed by atoms with Crippen molar-refractivity contribution < 1.29 is 9.59 Å². The van der Waals surface area contributed by atoms with Gasteiger partial charge in [0.25, 0.3) is 5.91 Å². The minimum absolute atomic E-state index is 0.124. The number of hydrogen-bond donors (Lipinski definition) is 0. The van der Waals surface area contributed by atoms with Crippen molar-refractivity contribution in [2.45, 2.75) is 6.04 Å². The SMILES string of the molecule is O=C(C1=C(c2ccccc2)n2nc(-c3ccccc3)cc2N2C(=O)c3ccccc3C12)c1ccccc1. The average molecular weight is 480 g/mol. The Bertz CT molecular complexity index is 1700. The van der Waals surface area contributed by atoms with E-state index in [1.54, 1.807) is 9.58 Å². The third-order valence-corrected chi connectivity index (χ3v) is 7.04. The first kappa shape index (κ1) is 21.3. The van der Waals surface area contributed by atoms with Crippen LogP contribution < -0.4 is 4.90 Å². The molecule has 176 valence electrons. The number of hydrogen-bond acceptors (Lipinski definition) is 3. The van der Waals surface area contributed by atoms with Crippen LogP contribution in [0, 0.1) is 0 Å². The first-order valence-corrected chi connectivity index (χ1v) is 12.2. The van der Waals surface area contributed by atoms with Crippen molar-refractivity contribution in [3.05, 3.63) is 149 Å². The Morgan fingerprint density at radius 2 is 1.30 bits per heavy atom. The molecule has 0 fully saturated rings. The molecule has 2 aliphatic rings. The van der Waals surface area contributed by atoms with E-state index in [0.29, 0.717) is 28.2 Å². The molecule has 4 aromatic carbocycles. The molecule has 0 radical (unpaired) electrons. The van der Waals surface area contributed by atoms with Crippen molar-refractivity contribution in [2.75, 3.05) is 4.90 Å². The summed E-state index contributed by atoms with van der Waals surface area (Å²) in [6.07, 6.45) is 0. The quantitative estimate of drug-likeness (QED) is 0.280. The summed E-state index contributed by atoms with van der Waals surface area (Å²) in [6.45, 7) is 0. The smallest absolute Gasteiger partial charge is 0.260 e. The number of aromatic nitrogens is 2. The number of carbonyl (C=O) groups is 2. The summed E-state index contributed by atoms with van der Waals surface area (Å²) in [6, 6.07) is 37.9. The van der Waals surface area contributed by atoms with Crippen LogP contribution in [0.1, 0.15) is 37.9 Å². The van der Waals surface area contributed by atoms with Crippen molar-refractivity contribution in [2.24, 2.45) is 0 Å². The number of fused-ring (bicyclic) bond motifs is 5. The largest absolute Gasteiger partial charge is 0.289 e. The van der Waals surface area contributed by atoms with E-state index in [4.69, 9.17) is 5.10 Å². The molecule has 2 aliphatic heterocycles. The highest BCUT2D eigenvalue weighted by Crippen LogP contribution is 2.50. The number of Topliss-reactive ketones (excluding diaryl/α,β-unsaturated/α-hetero) is 1. The Balaban J connectivity index is 1.58. The molecular formula is C32H21N3O2. The number of anilines is 1. The first-order chi connectivity index (χ1) is 18.2. The predicted molar refractivity (Wildman–Crippen MR) is 143 cm³/mol. The van der Waals surface area contributed by atoms with Gasteiger partial charge in [0, 0.05) is 28.3 Å². The van der Waals surface area contributed by atoms with Gasteiger partial charge < -0.3 is 0 Å². The molecule has 5 heteroatoms. The number of amides is 1. The molecule has 0 saturated carbocycles. The summed E-state index contributed by atoms with van der Waals surface area (Å²) >= 11 is 0. The fraction of sp³-hybridized carbons (Fsp3) is 0.0312. The van der Waals surface area contributed by atoms with E-state index in [2.05, 4.69) is 0 Å². The number of ketones is 1. The van der Waals surface area contributed by atoms with Crippen molar-refractivity contribution in [3.63, 3.8) is 0 Å². The highest BCUT2D eigenvalue weighted by Gasteiger charge is 2.48. The Morgan fingerprint density at radius 1 is 0.703 bits per heavy atom. The van der Waals surface area contributed by atoms with E-state index in [9.17, 15) is 9.59 Å². The van der Waals surface area contributed by atoms with E-state index in [1.165, 1.54) is 0 Å². The fourth-order valence-electron chi connectivity index (χ4n) is 5.39. The van der Waals surface area contributed by atoms with Gasteiger partial charge in [0.2, 0.25) is 0 Å². The number of nitrogens with zero attached hydrogens (tertiary/aromatic N) is 3. The maximum atomic E-state index is 14.3. The number of carbonyl (C=O) groups excluding carboxylic acids is 2. The van der Waals surface area contributed by atoms with Gasteiger partial charge in [-0.3, -0.25) is 14.5 Å². The maximum Gasteiger partial charge on any atom is 0.260 e. The van der Waals surface area contributed by atoms with Crippen molar-refractivity contribution >= 4 is 23.2 Å². The normalized spacial score (nSPS) is 15.8. The maximum absolute atomic E-state index is 14.3. The Kier molecular flexibility index (Phi) is 4.76. The molecular weight excluding hydrogens is 458 g/mol. The Morgan fingerprint density at radius 3 is 2.00 bits per heavy atom. The zero-order valence-corrected chi connectivity index (χ0v) is 19.8. The lowest BCUT2D eigenvalue weighted by Crippen LogP contribution is -2.37. The van der Waals surface area contributed by atoms with Crippen LogP contribution >= 0.6 is 0 Å². The summed E-state index contributed by atoms with van der Waals surface area (Å²) in [5.74, 6) is 0.390. The topological polar surface area (TPSA) is 55.2 Å². The van der Waals surface area contributed by atoms with Gasteiger partial charge in [0.05, 0.1) is 23.0 Å². The van der Waals surface area contributed by atoms with Gasteiger partial charge in [-0.2, -0.15) is 5.10 Å². The Labute approximate surface area is 213 Å². The van der Waals surface area contributed by atoms with Crippen molar-refractivity contribution in [1.82, 2.24) is 9.78 Å². The molecule has 7 rings (SSSR count). The average Bonchev–Trinajstić information content (AvgIpc) is 3.53. The second-order valence-electron chi connectivity index (χ2n) is 9.15. The predicted octanol–water partition coefficient (Wildman–Crippen LogP) is 6.41. The van der Waals surface area contributed by atoms with Gasteiger partial charge >= 0.3 is 0 Å². The third-order valence-electron chi connectivity index (χ3n) is 7.04. The van der Waals surface area contributed by atoms with E-state index in [0.717, 1.165) is 22.4 Å². The molecule has 5 aromatic rings. The molecule has 0 bridgehead atoms. The first-order valence-electron chi connectivity index (χ1n) is 12.2. The van der Waals surface area contributed by atoms with Crippen LogP contribution in [0.25, 0.3) is 17.0 Å². The van der Waals surface area contributed by atoms with Gasteiger partial charge in [0.1, 0.15) is 5.82 Å². The van der Waals surface area contributed by atoms with Gasteiger partial charge in [-0.05, 0) is 11.6 Å². The van der Waals surface area contributed by atoms with Crippen LogP contribution in [0.2, 0.25) is 0 Å². The molecule has 1 unspecified atom stereocenters. The summed E-state index contributed by atoms with van der Waals surface area (Å²) in [7, 11) is 0. The zero-order valence-electron chi connectivity index (χ0n) is 19.8. The van der Waals surface area contributed by atoms with Crippen LogP contribution in [0.3, 0.4) is 0 Å². The molecule has 0 saturated heterocycles. The fourth-order valence-corrected chi connectivity index (χ4v) is 5.39. The van der Waals surface area contributed by atoms with Gasteiger partial charge in [-0.1, -0.05) is 109 Å². The van der Waals surface area contributed by atoms with E-state index >= 15 is 0 Å². The second kappa shape index (κ2) is 8.28. The monoisotopic (exact) mass is 479 g/mol. The van der Waals surface area contributed by atoms with Crippen LogP contribution in [0.15, 0.2) is 127 Å². The molecule has 37 heavy (non-hydrogen) atoms. The van der Waals surface area contributed by atoms with E-state index in [1.807, 2.05) is 121 Å². The number of benzene rings is 4. The molecule has 0 aliphatic carbocycles. The van der Waals surface area contributed by atoms with Gasteiger partial charge in [0.15, 0.2) is 5.78 Å². The highest BCUT2D eigenvalue weighted by molar-refractivity contribution is 6.20. The van der Waals surface area contributed by atoms with Gasteiger partial charge in [-0.15, -0.1) is 0 Å². The molecule has 0 spiro atoms. The Hall–Kier alpha value is -5.03. The third kappa shape index (κ3) is 3.21. The van der Waals surface area contributed by atoms with Crippen molar-refractivity contribution in [3.8, 4) is 11.3 Å². The van der Waals surface area contributed by atoms with E-state index < -0.39 is 6.04 Å². The van der Waals surface area contributed by atoms with Crippen LogP contribution in [0.5, 0.6) is 0 Å².